The Balaban J connectivity index is 2.72. The van der Waals surface area contributed by atoms with Crippen LogP contribution in [0.1, 0.15) is 21.8 Å². The number of carbonyl (C=O) groups is 1. The van der Waals surface area contributed by atoms with Crippen molar-refractivity contribution in [2.75, 3.05) is 46.3 Å². The van der Waals surface area contributed by atoms with E-state index in [-0.39, 0.29) is 5.91 Å². The Morgan fingerprint density at radius 2 is 2.00 bits per heavy atom. The zero-order valence-corrected chi connectivity index (χ0v) is 12.5. The zero-order chi connectivity index (χ0) is 14.3. The van der Waals surface area contributed by atoms with Crippen LogP contribution in [0.15, 0.2) is 0 Å². The van der Waals surface area contributed by atoms with E-state index in [4.69, 9.17) is 15.2 Å². The number of thiazole rings is 1. The minimum absolute atomic E-state index is 0.0418. The fraction of sp³-hybridized carbons (Fsp3) is 0.667. The Labute approximate surface area is 117 Å². The molecular formula is C12H21N3O3S. The summed E-state index contributed by atoms with van der Waals surface area (Å²) in [6.45, 7) is 4.11. The van der Waals surface area contributed by atoms with E-state index in [0.29, 0.717) is 42.0 Å². The van der Waals surface area contributed by atoms with Crippen molar-refractivity contribution in [1.82, 2.24) is 9.88 Å². The van der Waals surface area contributed by atoms with E-state index in [0.717, 1.165) is 6.42 Å². The molecule has 0 aliphatic carbocycles. The predicted octanol–water partition coefficient (Wildman–Crippen LogP) is 1.16. The summed E-state index contributed by atoms with van der Waals surface area (Å²) in [5.41, 5.74) is 6.31. The molecule has 0 aliphatic rings. The van der Waals surface area contributed by atoms with E-state index in [9.17, 15) is 4.79 Å². The number of methoxy groups -OCH3 is 2. The van der Waals surface area contributed by atoms with Gasteiger partial charge >= 0.3 is 0 Å². The standard InChI is InChI=1S/C12H21N3O3S/c1-9-10(19-12(13)14-9)11(16)15(6-8-18-3)5-4-7-17-2/h4-8H2,1-3H3,(H2,13,14). The van der Waals surface area contributed by atoms with Crippen LogP contribution in [0.5, 0.6) is 0 Å². The fourth-order valence-corrected chi connectivity index (χ4v) is 2.48. The first-order valence-electron chi connectivity index (χ1n) is 6.10. The molecule has 0 aromatic carbocycles. The summed E-state index contributed by atoms with van der Waals surface area (Å²) >= 11 is 1.23. The lowest BCUT2D eigenvalue weighted by Gasteiger charge is -2.21. The molecule has 7 heteroatoms. The maximum absolute atomic E-state index is 12.4. The van der Waals surface area contributed by atoms with Gasteiger partial charge < -0.3 is 20.1 Å². The number of aromatic nitrogens is 1. The van der Waals surface area contributed by atoms with Gasteiger partial charge in [-0.15, -0.1) is 0 Å². The summed E-state index contributed by atoms with van der Waals surface area (Å²) in [5.74, 6) is -0.0418. The summed E-state index contributed by atoms with van der Waals surface area (Å²) in [6, 6.07) is 0. The van der Waals surface area contributed by atoms with Crippen LogP contribution in [0.4, 0.5) is 5.13 Å². The monoisotopic (exact) mass is 287 g/mol. The Morgan fingerprint density at radius 1 is 1.32 bits per heavy atom. The van der Waals surface area contributed by atoms with Crippen LogP contribution >= 0.6 is 11.3 Å². The highest BCUT2D eigenvalue weighted by atomic mass is 32.1. The first kappa shape index (κ1) is 15.9. The molecule has 0 unspecified atom stereocenters. The number of aryl methyl sites for hydroxylation is 1. The molecule has 0 fully saturated rings. The highest BCUT2D eigenvalue weighted by Crippen LogP contribution is 2.21. The topological polar surface area (TPSA) is 77.7 Å². The summed E-state index contributed by atoms with van der Waals surface area (Å²) in [6.07, 6.45) is 0.791. The predicted molar refractivity (Wildman–Crippen MR) is 75.5 cm³/mol. The number of hydrogen-bond donors (Lipinski definition) is 1. The van der Waals surface area contributed by atoms with Crippen molar-refractivity contribution in [1.29, 1.82) is 0 Å². The smallest absolute Gasteiger partial charge is 0.266 e. The molecule has 0 saturated carbocycles. The zero-order valence-electron chi connectivity index (χ0n) is 11.6. The molecular weight excluding hydrogens is 266 g/mol. The lowest BCUT2D eigenvalue weighted by Crippen LogP contribution is -2.35. The number of rotatable bonds is 8. The van der Waals surface area contributed by atoms with Gasteiger partial charge in [-0.1, -0.05) is 11.3 Å². The van der Waals surface area contributed by atoms with E-state index < -0.39 is 0 Å². The number of nitrogens with zero attached hydrogens (tertiary/aromatic N) is 2. The quantitative estimate of drug-likeness (QED) is 0.726. The summed E-state index contributed by atoms with van der Waals surface area (Å²) in [4.78, 5) is 18.9. The van der Waals surface area contributed by atoms with Crippen LogP contribution in [0, 0.1) is 6.92 Å². The molecule has 1 aromatic heterocycles. The number of nitrogen functional groups attached to an aromatic ring is 1. The number of hydrogen-bond acceptors (Lipinski definition) is 6. The summed E-state index contributed by atoms with van der Waals surface area (Å²) in [7, 11) is 3.27. The van der Waals surface area contributed by atoms with Crippen molar-refractivity contribution >= 4 is 22.4 Å². The van der Waals surface area contributed by atoms with E-state index in [1.165, 1.54) is 11.3 Å². The van der Waals surface area contributed by atoms with Gasteiger partial charge in [0.25, 0.3) is 5.91 Å². The second-order valence-corrected chi connectivity index (χ2v) is 5.13. The third-order valence-corrected chi connectivity index (χ3v) is 3.61. The molecule has 2 N–H and O–H groups in total. The van der Waals surface area contributed by atoms with Crippen molar-refractivity contribution < 1.29 is 14.3 Å². The fourth-order valence-electron chi connectivity index (χ4n) is 1.68. The van der Waals surface area contributed by atoms with Gasteiger partial charge in [0.15, 0.2) is 5.13 Å². The Hall–Kier alpha value is -1.18. The maximum Gasteiger partial charge on any atom is 0.266 e. The molecule has 1 aromatic rings. The van der Waals surface area contributed by atoms with Gasteiger partial charge in [0.1, 0.15) is 4.88 Å². The number of anilines is 1. The molecule has 1 amide bonds. The summed E-state index contributed by atoms with van der Waals surface area (Å²) < 4.78 is 10.0. The van der Waals surface area contributed by atoms with E-state index in [1.54, 1.807) is 26.0 Å². The second-order valence-electron chi connectivity index (χ2n) is 4.10. The van der Waals surface area contributed by atoms with Gasteiger partial charge in [0.2, 0.25) is 0 Å². The first-order valence-corrected chi connectivity index (χ1v) is 6.91. The minimum atomic E-state index is -0.0418. The van der Waals surface area contributed by atoms with Crippen molar-refractivity contribution in [3.63, 3.8) is 0 Å². The van der Waals surface area contributed by atoms with Crippen LogP contribution in [-0.2, 0) is 9.47 Å². The Bertz CT molecular complexity index is 409. The van der Waals surface area contributed by atoms with E-state index in [2.05, 4.69) is 4.98 Å². The Morgan fingerprint density at radius 3 is 2.53 bits per heavy atom. The van der Waals surface area contributed by atoms with Gasteiger partial charge in [-0.3, -0.25) is 4.79 Å². The van der Waals surface area contributed by atoms with Crippen molar-refractivity contribution in [3.8, 4) is 0 Å². The van der Waals surface area contributed by atoms with Gasteiger partial charge in [-0.05, 0) is 13.3 Å². The molecule has 0 aliphatic heterocycles. The molecule has 6 nitrogen and oxygen atoms in total. The molecule has 0 atom stereocenters. The number of nitrogens with two attached hydrogens (primary N) is 1. The van der Waals surface area contributed by atoms with Gasteiger partial charge in [-0.25, -0.2) is 4.98 Å². The van der Waals surface area contributed by atoms with E-state index >= 15 is 0 Å². The van der Waals surface area contributed by atoms with E-state index in [1.807, 2.05) is 0 Å². The average molecular weight is 287 g/mol. The van der Waals surface area contributed by atoms with Crippen molar-refractivity contribution in [3.05, 3.63) is 10.6 Å². The maximum atomic E-state index is 12.4. The normalized spacial score (nSPS) is 10.7. The molecule has 0 saturated heterocycles. The lowest BCUT2D eigenvalue weighted by molar-refractivity contribution is 0.0678. The SMILES string of the molecule is COCCCN(CCOC)C(=O)c1sc(N)nc1C. The van der Waals surface area contributed by atoms with Crippen LogP contribution in [0.3, 0.4) is 0 Å². The van der Waals surface area contributed by atoms with Crippen molar-refractivity contribution in [2.24, 2.45) is 0 Å². The van der Waals surface area contributed by atoms with Crippen LogP contribution < -0.4 is 5.73 Å². The molecule has 1 heterocycles. The largest absolute Gasteiger partial charge is 0.385 e. The lowest BCUT2D eigenvalue weighted by atomic mass is 10.3. The first-order chi connectivity index (χ1) is 9.10. The molecule has 0 bridgehead atoms. The van der Waals surface area contributed by atoms with Crippen LogP contribution in [-0.4, -0.2) is 56.3 Å². The van der Waals surface area contributed by atoms with Gasteiger partial charge in [-0.2, -0.15) is 0 Å². The number of ether oxygens (including phenoxy) is 2. The highest BCUT2D eigenvalue weighted by Gasteiger charge is 2.20. The average Bonchev–Trinajstić information content (AvgIpc) is 2.72. The molecule has 108 valence electrons. The molecule has 0 radical (unpaired) electrons. The second kappa shape index (κ2) is 8.08. The highest BCUT2D eigenvalue weighted by molar-refractivity contribution is 7.17. The third kappa shape index (κ3) is 4.77. The summed E-state index contributed by atoms with van der Waals surface area (Å²) in [5, 5.41) is 0.421. The molecule has 19 heavy (non-hydrogen) atoms. The molecule has 0 spiro atoms. The van der Waals surface area contributed by atoms with Crippen molar-refractivity contribution in [2.45, 2.75) is 13.3 Å². The number of amides is 1. The van der Waals surface area contributed by atoms with Crippen LogP contribution in [0.25, 0.3) is 0 Å². The minimum Gasteiger partial charge on any atom is -0.385 e. The Kier molecular flexibility index (Phi) is 6.75. The van der Waals surface area contributed by atoms with Gasteiger partial charge in [0.05, 0.1) is 12.3 Å². The van der Waals surface area contributed by atoms with Gasteiger partial charge in [0, 0.05) is 33.9 Å². The van der Waals surface area contributed by atoms with Crippen LogP contribution in [0.2, 0.25) is 0 Å². The molecule has 1 rings (SSSR count). The number of carbonyl (C=O) groups excluding carboxylic acids is 1. The third-order valence-electron chi connectivity index (χ3n) is 2.64.